The number of carbonyl (C=O) groups excluding carboxylic acids is 3. The van der Waals surface area contributed by atoms with E-state index in [1.54, 1.807) is 11.4 Å². The van der Waals surface area contributed by atoms with Crippen LogP contribution in [0.2, 0.25) is 0 Å². The van der Waals surface area contributed by atoms with E-state index in [0.29, 0.717) is 4.90 Å². The van der Waals surface area contributed by atoms with Crippen molar-refractivity contribution in [2.75, 3.05) is 17.8 Å². The monoisotopic (exact) mass is 490 g/mol. The lowest BCUT2D eigenvalue weighted by Crippen LogP contribution is -2.45. The minimum Gasteiger partial charge on any atom is -0.333 e. The Balaban J connectivity index is 1.62. The van der Waals surface area contributed by atoms with Gasteiger partial charge < -0.3 is 4.90 Å². The lowest BCUT2D eigenvalue weighted by atomic mass is 10.1. The molecule has 3 amide bonds. The highest BCUT2D eigenvalue weighted by molar-refractivity contribution is 7.94. The lowest BCUT2D eigenvalue weighted by molar-refractivity contribution is -0.157. The van der Waals surface area contributed by atoms with E-state index in [2.05, 4.69) is 15.6 Å². The van der Waals surface area contributed by atoms with Crippen LogP contribution in [0.1, 0.15) is 16.8 Å². The third-order valence-electron chi connectivity index (χ3n) is 4.43. The number of amides is 3. The summed E-state index contributed by atoms with van der Waals surface area (Å²) in [7, 11) is -3.93. The molecule has 0 spiro atoms. The molecule has 1 saturated heterocycles. The maximum absolute atomic E-state index is 12.5. The second kappa shape index (κ2) is 9.16. The number of rotatable bonds is 6. The van der Waals surface area contributed by atoms with Crippen LogP contribution in [-0.4, -0.2) is 50.3 Å². The molecule has 9 nitrogen and oxygen atoms in total. The summed E-state index contributed by atoms with van der Waals surface area (Å²) < 4.78 is 64.7. The first kappa shape index (κ1) is 23.5. The lowest BCUT2D eigenvalue weighted by Gasteiger charge is -2.18. The molecule has 0 aliphatic carbocycles. The molecule has 1 unspecified atom stereocenters. The first-order chi connectivity index (χ1) is 15.0. The average Bonchev–Trinajstić information content (AvgIpc) is 3.36. The molecular formula is C18H17F3N4O5S2. The summed E-state index contributed by atoms with van der Waals surface area (Å²) in [4.78, 5) is 36.9. The van der Waals surface area contributed by atoms with Gasteiger partial charge >= 0.3 is 6.18 Å². The SMILES string of the molecule is O=C(NNC(=O)C1CC(=O)N(CC(F)(F)F)C1)c1ccccc1NS(=O)(=O)c1cccs1. The Hall–Kier alpha value is -3.13. The highest BCUT2D eigenvalue weighted by atomic mass is 32.2. The number of halogens is 3. The Morgan fingerprint density at radius 3 is 2.50 bits per heavy atom. The van der Waals surface area contributed by atoms with Crippen molar-refractivity contribution in [3.63, 3.8) is 0 Å². The van der Waals surface area contributed by atoms with E-state index in [1.807, 2.05) is 0 Å². The number of benzene rings is 1. The molecule has 3 N–H and O–H groups in total. The number of para-hydroxylation sites is 1. The van der Waals surface area contributed by atoms with Gasteiger partial charge in [0.05, 0.1) is 17.2 Å². The van der Waals surface area contributed by atoms with Gasteiger partial charge in [0.1, 0.15) is 10.8 Å². The first-order valence-corrected chi connectivity index (χ1v) is 11.4. The Bertz CT molecular complexity index is 1120. The average molecular weight is 490 g/mol. The van der Waals surface area contributed by atoms with Crippen molar-refractivity contribution >= 4 is 44.8 Å². The van der Waals surface area contributed by atoms with Crippen LogP contribution in [0.5, 0.6) is 0 Å². The fourth-order valence-corrected chi connectivity index (χ4v) is 5.06. The van der Waals surface area contributed by atoms with E-state index in [0.717, 1.165) is 11.3 Å². The van der Waals surface area contributed by atoms with Gasteiger partial charge in [-0.15, -0.1) is 11.3 Å². The normalized spacial score (nSPS) is 16.7. The summed E-state index contributed by atoms with van der Waals surface area (Å²) in [6.45, 7) is -1.89. The molecule has 1 aromatic carbocycles. The minimum atomic E-state index is -4.59. The Kier molecular flexibility index (Phi) is 6.74. The molecular weight excluding hydrogens is 473 g/mol. The summed E-state index contributed by atoms with van der Waals surface area (Å²) in [6.07, 6.45) is -5.01. The number of hydrazine groups is 1. The smallest absolute Gasteiger partial charge is 0.333 e. The number of alkyl halides is 3. The summed E-state index contributed by atoms with van der Waals surface area (Å²) in [6, 6.07) is 8.59. The van der Waals surface area contributed by atoms with Crippen molar-refractivity contribution in [3.8, 4) is 0 Å². The molecule has 0 bridgehead atoms. The Morgan fingerprint density at radius 2 is 1.84 bits per heavy atom. The van der Waals surface area contributed by atoms with Gasteiger partial charge in [0.15, 0.2) is 0 Å². The molecule has 1 aromatic heterocycles. The molecule has 0 saturated carbocycles. The standard InChI is InChI=1S/C18H17F3N4O5S2/c19-18(20,21)10-25-9-11(8-14(25)26)16(27)22-23-17(28)12-4-1-2-5-13(12)24-32(29,30)15-6-3-7-31-15/h1-7,11,24H,8-10H2,(H,22,27)(H,23,28). The van der Waals surface area contributed by atoms with Crippen molar-refractivity contribution in [3.05, 3.63) is 47.3 Å². The molecule has 14 heteroatoms. The van der Waals surface area contributed by atoms with Crippen LogP contribution in [0.15, 0.2) is 46.0 Å². The van der Waals surface area contributed by atoms with Crippen LogP contribution < -0.4 is 15.6 Å². The Labute approximate surface area is 184 Å². The number of nitrogens with zero attached hydrogens (tertiary/aromatic N) is 1. The molecule has 1 atom stereocenters. The quantitative estimate of drug-likeness (QED) is 0.532. The summed E-state index contributed by atoms with van der Waals surface area (Å²) >= 11 is 0.985. The van der Waals surface area contributed by atoms with Crippen LogP contribution in [-0.2, 0) is 19.6 Å². The fraction of sp³-hybridized carbons (Fsp3) is 0.278. The number of hydrogen-bond donors (Lipinski definition) is 3. The largest absolute Gasteiger partial charge is 0.406 e. The molecule has 32 heavy (non-hydrogen) atoms. The van der Waals surface area contributed by atoms with Crippen molar-refractivity contribution in [1.82, 2.24) is 15.8 Å². The van der Waals surface area contributed by atoms with Crippen LogP contribution in [0, 0.1) is 5.92 Å². The fourth-order valence-electron chi connectivity index (χ4n) is 2.99. The summed E-state index contributed by atoms with van der Waals surface area (Å²) in [5.74, 6) is -3.59. The van der Waals surface area contributed by atoms with Gasteiger partial charge in [0.25, 0.3) is 15.9 Å². The van der Waals surface area contributed by atoms with Crippen molar-refractivity contribution in [1.29, 1.82) is 0 Å². The van der Waals surface area contributed by atoms with Crippen LogP contribution in [0.4, 0.5) is 18.9 Å². The van der Waals surface area contributed by atoms with E-state index in [-0.39, 0.29) is 15.5 Å². The molecule has 0 radical (unpaired) electrons. The molecule has 1 fully saturated rings. The second-order valence-corrected chi connectivity index (χ2v) is 9.67. The molecule has 172 valence electrons. The van der Waals surface area contributed by atoms with Gasteiger partial charge in [-0.25, -0.2) is 8.42 Å². The van der Waals surface area contributed by atoms with Gasteiger partial charge in [-0.05, 0) is 23.6 Å². The number of carbonyl (C=O) groups is 3. The summed E-state index contributed by atoms with van der Waals surface area (Å²) in [5.41, 5.74) is 4.02. The molecule has 1 aliphatic rings. The van der Waals surface area contributed by atoms with E-state index in [9.17, 15) is 36.0 Å². The third kappa shape index (κ3) is 5.76. The zero-order valence-corrected chi connectivity index (χ0v) is 17.8. The highest BCUT2D eigenvalue weighted by Gasteiger charge is 2.40. The zero-order chi connectivity index (χ0) is 23.5. The predicted molar refractivity (Wildman–Crippen MR) is 108 cm³/mol. The van der Waals surface area contributed by atoms with E-state index < -0.39 is 59.3 Å². The van der Waals surface area contributed by atoms with Crippen LogP contribution in [0.3, 0.4) is 0 Å². The van der Waals surface area contributed by atoms with Gasteiger partial charge in [0, 0.05) is 13.0 Å². The molecule has 2 aromatic rings. The van der Waals surface area contributed by atoms with E-state index in [4.69, 9.17) is 0 Å². The maximum Gasteiger partial charge on any atom is 0.406 e. The second-order valence-electron chi connectivity index (χ2n) is 6.82. The van der Waals surface area contributed by atoms with Gasteiger partial charge in [0.2, 0.25) is 11.8 Å². The van der Waals surface area contributed by atoms with Crippen molar-refractivity contribution < 1.29 is 36.0 Å². The number of thiophene rings is 1. The van der Waals surface area contributed by atoms with Gasteiger partial charge in [-0.2, -0.15) is 13.2 Å². The van der Waals surface area contributed by atoms with Crippen molar-refractivity contribution in [2.24, 2.45) is 5.92 Å². The van der Waals surface area contributed by atoms with Gasteiger partial charge in [-0.1, -0.05) is 18.2 Å². The number of sulfonamides is 1. The van der Waals surface area contributed by atoms with Gasteiger partial charge in [-0.3, -0.25) is 30.0 Å². The van der Waals surface area contributed by atoms with Crippen LogP contribution >= 0.6 is 11.3 Å². The Morgan fingerprint density at radius 1 is 1.12 bits per heavy atom. The van der Waals surface area contributed by atoms with E-state index in [1.165, 1.54) is 30.3 Å². The summed E-state index contributed by atoms with van der Waals surface area (Å²) in [5, 5.41) is 1.58. The highest BCUT2D eigenvalue weighted by Crippen LogP contribution is 2.24. The first-order valence-electron chi connectivity index (χ1n) is 9.06. The third-order valence-corrected chi connectivity index (χ3v) is 7.19. The molecule has 1 aliphatic heterocycles. The zero-order valence-electron chi connectivity index (χ0n) is 16.2. The van der Waals surface area contributed by atoms with E-state index >= 15 is 0 Å². The number of hydrogen-bond acceptors (Lipinski definition) is 6. The number of nitrogens with one attached hydrogen (secondary N) is 3. The van der Waals surface area contributed by atoms with Crippen LogP contribution in [0.25, 0.3) is 0 Å². The topological polar surface area (TPSA) is 125 Å². The number of anilines is 1. The maximum atomic E-state index is 12.5. The molecule has 3 rings (SSSR count). The minimum absolute atomic E-state index is 0.0373. The predicted octanol–water partition coefficient (Wildman–Crippen LogP) is 1.72. The molecule has 2 heterocycles. The van der Waals surface area contributed by atoms with Crippen molar-refractivity contribution in [2.45, 2.75) is 16.8 Å². The number of likely N-dealkylation sites (tertiary alicyclic amines) is 1.